The Morgan fingerprint density at radius 3 is 2.05 bits per heavy atom. The van der Waals surface area contributed by atoms with E-state index >= 15 is 0 Å². The van der Waals surface area contributed by atoms with Crippen LogP contribution in [0.25, 0.3) is 0 Å². The third kappa shape index (κ3) is 5.30. The number of aliphatic carboxylic acids is 1. The minimum atomic E-state index is -1.03. The number of quaternary nitrogens is 1. The van der Waals surface area contributed by atoms with Crippen LogP contribution >= 0.6 is 11.6 Å². The summed E-state index contributed by atoms with van der Waals surface area (Å²) in [6.07, 6.45) is 1.14. The topological polar surface area (TPSA) is 78.7 Å². The molecular formula is C14H14Cl2NO4-. The standard InChI is InChI=1S/C9H10O2.C5H4ClNO2.ClH/c1-7(9(10)11)8-5-3-2-4-6-8;1-7-4(8)2-3(6)5(7)9;/h2-7H,1H3,(H,10,11);2H,1H3;1H/p-1. The molecule has 1 aliphatic rings. The van der Waals surface area contributed by atoms with E-state index in [1.807, 2.05) is 18.2 Å². The van der Waals surface area contributed by atoms with Gasteiger partial charge in [0, 0.05) is 11.9 Å². The molecule has 0 bridgehead atoms. The molecule has 0 aliphatic carbocycles. The van der Waals surface area contributed by atoms with Crippen molar-refractivity contribution in [3.8, 4) is 0 Å². The van der Waals surface area contributed by atoms with Crippen LogP contribution in [0.4, 0.5) is 0 Å². The number of amides is 2. The highest BCUT2D eigenvalue weighted by Crippen LogP contribution is 2.12. The van der Waals surface area contributed by atoms with Crippen molar-refractivity contribution >= 4 is 29.4 Å². The molecule has 0 radical (unpaired) electrons. The van der Waals surface area contributed by atoms with Crippen LogP contribution in [0, 0.1) is 0 Å². The van der Waals surface area contributed by atoms with Crippen LogP contribution < -0.4 is 22.4 Å². The first-order valence-electron chi connectivity index (χ1n) is 5.90. The number of carboxylic acid groups (broad SMARTS) is 1. The van der Waals surface area contributed by atoms with Gasteiger partial charge in [0.2, 0.25) is 0 Å². The first-order chi connectivity index (χ1) is 9.34. The van der Waals surface area contributed by atoms with E-state index in [0.717, 1.165) is 11.6 Å². The van der Waals surface area contributed by atoms with Gasteiger partial charge in [-0.05, 0) is 5.56 Å². The first kappa shape index (κ1) is 19.3. The van der Waals surface area contributed by atoms with Crippen molar-refractivity contribution in [2.24, 2.45) is 0 Å². The molecule has 21 heavy (non-hydrogen) atoms. The van der Waals surface area contributed by atoms with Gasteiger partial charge >= 0.3 is 11.8 Å². The van der Waals surface area contributed by atoms with Crippen molar-refractivity contribution in [1.29, 1.82) is 0 Å². The lowest BCUT2D eigenvalue weighted by Gasteiger charge is -2.11. The first-order valence-corrected chi connectivity index (χ1v) is 6.28. The highest BCUT2D eigenvalue weighted by atomic mass is 35.5. The van der Waals surface area contributed by atoms with Crippen LogP contribution in [-0.2, 0) is 14.4 Å². The van der Waals surface area contributed by atoms with Crippen molar-refractivity contribution in [3.05, 3.63) is 47.0 Å². The molecular weight excluding hydrogens is 317 g/mol. The molecule has 2 atom stereocenters. The molecule has 114 valence electrons. The minimum absolute atomic E-state index is 0. The molecule has 1 aromatic rings. The number of rotatable bonds is 2. The Kier molecular flexibility index (Phi) is 7.88. The number of halogens is 2. The van der Waals surface area contributed by atoms with Crippen molar-refractivity contribution in [1.82, 2.24) is 0 Å². The minimum Gasteiger partial charge on any atom is -1.00 e. The molecule has 0 fully saturated rings. The zero-order chi connectivity index (χ0) is 15.3. The summed E-state index contributed by atoms with van der Waals surface area (Å²) in [7, 11) is 1.47. The largest absolute Gasteiger partial charge is 1.00 e. The molecule has 7 heteroatoms. The zero-order valence-corrected chi connectivity index (χ0v) is 12.9. The zero-order valence-electron chi connectivity index (χ0n) is 11.4. The second-order valence-electron chi connectivity index (χ2n) is 4.26. The van der Waals surface area contributed by atoms with Gasteiger partial charge in [-0.2, -0.15) is 0 Å². The van der Waals surface area contributed by atoms with Gasteiger partial charge in [0.1, 0.15) is 0 Å². The van der Waals surface area contributed by atoms with Crippen LogP contribution in [0.1, 0.15) is 18.4 Å². The van der Waals surface area contributed by atoms with E-state index in [1.165, 1.54) is 7.05 Å². The summed E-state index contributed by atoms with van der Waals surface area (Å²) < 4.78 is 0. The van der Waals surface area contributed by atoms with Crippen LogP contribution in [0.3, 0.4) is 0 Å². The smallest absolute Gasteiger partial charge is 0.363 e. The number of hydrogen-bond acceptors (Lipinski definition) is 4. The third-order valence-electron chi connectivity index (χ3n) is 2.84. The predicted octanol–water partition coefficient (Wildman–Crippen LogP) is -3.77. The SMILES string of the molecule is CC(C(=O)[O-])c1ccccc1.C[NH+]1C(=O)C=C(Cl)C1=O.[Cl-]. The predicted molar refractivity (Wildman–Crippen MR) is 70.7 cm³/mol. The molecule has 2 amide bonds. The molecule has 1 N–H and O–H groups in total. The number of benzene rings is 1. The van der Waals surface area contributed by atoms with Gasteiger partial charge in [0.15, 0.2) is 5.03 Å². The van der Waals surface area contributed by atoms with E-state index in [2.05, 4.69) is 0 Å². The third-order valence-corrected chi connectivity index (χ3v) is 3.12. The summed E-state index contributed by atoms with van der Waals surface area (Å²) in [5, 5.41) is 10.4. The highest BCUT2D eigenvalue weighted by Gasteiger charge is 2.32. The van der Waals surface area contributed by atoms with Gasteiger partial charge in [-0.1, -0.05) is 48.9 Å². The molecule has 5 nitrogen and oxygen atoms in total. The number of likely N-dealkylation sites (N-methyl/N-ethyl adjacent to an activating group) is 1. The van der Waals surface area contributed by atoms with Crippen molar-refractivity contribution < 1.29 is 36.8 Å². The average Bonchev–Trinajstić information content (AvgIpc) is 2.66. The molecule has 0 saturated carbocycles. The maximum Gasteiger partial charge on any atom is 0.363 e. The fourth-order valence-corrected chi connectivity index (χ4v) is 1.70. The average molecular weight is 331 g/mol. The van der Waals surface area contributed by atoms with Gasteiger partial charge in [0.05, 0.1) is 13.1 Å². The number of carboxylic acids is 1. The van der Waals surface area contributed by atoms with E-state index in [9.17, 15) is 19.5 Å². The van der Waals surface area contributed by atoms with Gasteiger partial charge in [-0.25, -0.2) is 14.5 Å². The number of imide groups is 1. The molecule has 0 spiro atoms. The summed E-state index contributed by atoms with van der Waals surface area (Å²) in [4.78, 5) is 31.8. The second kappa shape index (κ2) is 8.56. The Balaban J connectivity index is 0.000000370. The Labute approximate surface area is 133 Å². The number of nitrogens with one attached hydrogen (secondary N) is 1. The summed E-state index contributed by atoms with van der Waals surface area (Å²) >= 11 is 5.32. The van der Waals surface area contributed by atoms with Gasteiger partial charge < -0.3 is 22.3 Å². The summed E-state index contributed by atoms with van der Waals surface area (Å²) in [6, 6.07) is 9.04. The normalized spacial score (nSPS) is 18.0. The van der Waals surface area contributed by atoms with Crippen LogP contribution in [0.5, 0.6) is 0 Å². The summed E-state index contributed by atoms with van der Waals surface area (Å²) in [6.45, 7) is 1.62. The number of carbonyl (C=O) groups excluding carboxylic acids is 3. The maximum atomic E-state index is 10.7. The fourth-order valence-electron chi connectivity index (χ4n) is 1.46. The Bertz CT molecular complexity index is 557. The van der Waals surface area contributed by atoms with E-state index in [-0.39, 0.29) is 34.2 Å². The molecule has 0 aromatic heterocycles. The Morgan fingerprint density at radius 1 is 1.24 bits per heavy atom. The van der Waals surface area contributed by atoms with E-state index in [0.29, 0.717) is 0 Å². The summed E-state index contributed by atoms with van der Waals surface area (Å²) in [5.41, 5.74) is 0.785. The molecule has 2 rings (SSSR count). The number of hydrogen-bond donors (Lipinski definition) is 1. The Hall–Kier alpha value is -1.69. The lowest BCUT2D eigenvalue weighted by atomic mass is 10.0. The van der Waals surface area contributed by atoms with Crippen LogP contribution in [-0.4, -0.2) is 24.8 Å². The van der Waals surface area contributed by atoms with E-state index in [4.69, 9.17) is 11.6 Å². The monoisotopic (exact) mass is 330 g/mol. The highest BCUT2D eigenvalue weighted by molar-refractivity contribution is 6.43. The van der Waals surface area contributed by atoms with Crippen molar-refractivity contribution in [2.75, 3.05) is 7.05 Å². The van der Waals surface area contributed by atoms with Crippen molar-refractivity contribution in [2.45, 2.75) is 12.8 Å². The molecule has 1 heterocycles. The maximum absolute atomic E-state index is 10.7. The van der Waals surface area contributed by atoms with E-state index < -0.39 is 11.9 Å². The van der Waals surface area contributed by atoms with Crippen molar-refractivity contribution in [3.63, 3.8) is 0 Å². The van der Waals surface area contributed by atoms with Gasteiger partial charge in [-0.3, -0.25) is 0 Å². The lowest BCUT2D eigenvalue weighted by molar-refractivity contribution is -0.705. The Morgan fingerprint density at radius 2 is 1.76 bits per heavy atom. The second-order valence-corrected chi connectivity index (χ2v) is 4.67. The molecule has 1 aromatic carbocycles. The molecule has 1 aliphatic heterocycles. The van der Waals surface area contributed by atoms with E-state index in [1.54, 1.807) is 19.1 Å². The fraction of sp³-hybridized carbons (Fsp3) is 0.214. The molecule has 0 saturated heterocycles. The molecule has 2 unspecified atom stereocenters. The van der Waals surface area contributed by atoms with Crippen LogP contribution in [0.15, 0.2) is 41.4 Å². The van der Waals surface area contributed by atoms with Gasteiger partial charge in [-0.15, -0.1) is 0 Å². The lowest BCUT2D eigenvalue weighted by Crippen LogP contribution is -3.12. The van der Waals surface area contributed by atoms with Gasteiger partial charge in [0.25, 0.3) is 0 Å². The van der Waals surface area contributed by atoms with Crippen LogP contribution in [0.2, 0.25) is 0 Å². The quantitative estimate of drug-likeness (QED) is 0.565. The number of carbonyl (C=O) groups is 3. The summed E-state index contributed by atoms with van der Waals surface area (Å²) in [5.74, 6) is -2.17.